The summed E-state index contributed by atoms with van der Waals surface area (Å²) in [6, 6.07) is 11.6. The molecular formula is C22H13F3N4O3. The lowest BCUT2D eigenvalue weighted by atomic mass is 10.1. The SMILES string of the molecule is O=C1NC(=O)N(c2cccc(C(F)(F)F)c2)C(=O)C1=Cc1cnc(-c2ccccc2)nc1. The molecule has 4 rings (SSSR count). The van der Waals surface area contributed by atoms with Gasteiger partial charge in [0.2, 0.25) is 0 Å². The largest absolute Gasteiger partial charge is 0.416 e. The van der Waals surface area contributed by atoms with Crippen LogP contribution in [0.1, 0.15) is 11.1 Å². The Hall–Kier alpha value is -4.34. The second-order valence-electron chi connectivity index (χ2n) is 6.71. The van der Waals surface area contributed by atoms with Crippen LogP contribution < -0.4 is 10.2 Å². The van der Waals surface area contributed by atoms with E-state index in [1.54, 1.807) is 0 Å². The number of aromatic nitrogens is 2. The second kappa shape index (κ2) is 8.06. The maximum Gasteiger partial charge on any atom is 0.416 e. The van der Waals surface area contributed by atoms with Crippen molar-refractivity contribution < 1.29 is 27.6 Å². The molecule has 3 aromatic rings. The van der Waals surface area contributed by atoms with Gasteiger partial charge < -0.3 is 0 Å². The number of benzene rings is 2. The molecule has 4 amide bonds. The number of barbiturate groups is 1. The number of imide groups is 2. The Bertz CT molecular complexity index is 1240. The zero-order valence-corrected chi connectivity index (χ0v) is 16.1. The van der Waals surface area contributed by atoms with Crippen molar-refractivity contribution in [2.75, 3.05) is 4.90 Å². The summed E-state index contributed by atoms with van der Waals surface area (Å²) in [4.78, 5) is 46.2. The number of amides is 4. The average molecular weight is 438 g/mol. The van der Waals surface area contributed by atoms with E-state index in [2.05, 4.69) is 9.97 Å². The lowest BCUT2D eigenvalue weighted by Gasteiger charge is -2.26. The van der Waals surface area contributed by atoms with Gasteiger partial charge in [0.05, 0.1) is 11.3 Å². The molecule has 10 heteroatoms. The van der Waals surface area contributed by atoms with Crippen LogP contribution in [-0.2, 0) is 15.8 Å². The first-order valence-electron chi connectivity index (χ1n) is 9.20. The van der Waals surface area contributed by atoms with Crippen molar-refractivity contribution in [3.63, 3.8) is 0 Å². The van der Waals surface area contributed by atoms with Crippen LogP contribution in [0.4, 0.5) is 23.7 Å². The molecule has 0 spiro atoms. The van der Waals surface area contributed by atoms with Gasteiger partial charge in [-0.15, -0.1) is 0 Å². The molecule has 0 bridgehead atoms. The Labute approximate surface area is 179 Å². The second-order valence-corrected chi connectivity index (χ2v) is 6.71. The number of carbonyl (C=O) groups excluding carboxylic acids is 3. The van der Waals surface area contributed by atoms with Crippen molar-refractivity contribution in [3.8, 4) is 11.4 Å². The minimum atomic E-state index is -4.67. The molecule has 1 saturated heterocycles. The van der Waals surface area contributed by atoms with Gasteiger partial charge in [-0.25, -0.2) is 19.7 Å². The quantitative estimate of drug-likeness (QED) is 0.496. The first kappa shape index (κ1) is 20.9. The van der Waals surface area contributed by atoms with Crippen LogP contribution in [0, 0.1) is 0 Å². The summed E-state index contributed by atoms with van der Waals surface area (Å²) in [5.74, 6) is -1.62. The van der Waals surface area contributed by atoms with Crippen molar-refractivity contribution >= 4 is 29.6 Å². The van der Waals surface area contributed by atoms with Crippen molar-refractivity contribution in [3.05, 3.63) is 83.7 Å². The van der Waals surface area contributed by atoms with Gasteiger partial charge in [-0.2, -0.15) is 13.2 Å². The van der Waals surface area contributed by atoms with Crippen LogP contribution in [0.3, 0.4) is 0 Å². The van der Waals surface area contributed by atoms with Crippen LogP contribution >= 0.6 is 0 Å². The van der Waals surface area contributed by atoms with E-state index in [9.17, 15) is 27.6 Å². The minimum Gasteiger partial charge on any atom is -0.273 e. The third-order valence-electron chi connectivity index (χ3n) is 4.55. The molecule has 1 aromatic heterocycles. The van der Waals surface area contributed by atoms with Crippen LogP contribution in [0.15, 0.2) is 72.6 Å². The van der Waals surface area contributed by atoms with Gasteiger partial charge in [-0.05, 0) is 24.3 Å². The van der Waals surface area contributed by atoms with Crippen LogP contribution in [-0.4, -0.2) is 27.8 Å². The summed E-state index contributed by atoms with van der Waals surface area (Å²) >= 11 is 0. The summed E-state index contributed by atoms with van der Waals surface area (Å²) in [5, 5.41) is 1.96. The van der Waals surface area contributed by atoms with Gasteiger partial charge >= 0.3 is 12.2 Å². The molecule has 32 heavy (non-hydrogen) atoms. The minimum absolute atomic E-state index is 0.293. The maximum atomic E-state index is 13.0. The van der Waals surface area contributed by atoms with Crippen molar-refractivity contribution in [1.82, 2.24) is 15.3 Å². The molecular weight excluding hydrogens is 425 g/mol. The normalized spacial score (nSPS) is 15.8. The average Bonchev–Trinajstić information content (AvgIpc) is 2.77. The monoisotopic (exact) mass is 438 g/mol. The fourth-order valence-electron chi connectivity index (χ4n) is 3.03. The third-order valence-corrected chi connectivity index (χ3v) is 4.55. The van der Waals surface area contributed by atoms with E-state index in [1.165, 1.54) is 18.5 Å². The molecule has 1 N–H and O–H groups in total. The summed E-state index contributed by atoms with van der Waals surface area (Å²) in [6.45, 7) is 0. The van der Waals surface area contributed by atoms with Crippen LogP contribution in [0.25, 0.3) is 17.5 Å². The Morgan fingerprint density at radius 3 is 2.25 bits per heavy atom. The first-order chi connectivity index (χ1) is 15.2. The van der Waals surface area contributed by atoms with Gasteiger partial charge in [0, 0.05) is 23.5 Å². The first-order valence-corrected chi connectivity index (χ1v) is 9.20. The molecule has 0 saturated carbocycles. The lowest BCUT2D eigenvalue weighted by molar-refractivity contribution is -0.137. The fraction of sp³-hybridized carbons (Fsp3) is 0.0455. The number of urea groups is 1. The van der Waals surface area contributed by atoms with E-state index >= 15 is 0 Å². The summed E-state index contributed by atoms with van der Waals surface area (Å²) in [7, 11) is 0. The highest BCUT2D eigenvalue weighted by Crippen LogP contribution is 2.32. The molecule has 7 nitrogen and oxygen atoms in total. The summed E-state index contributed by atoms with van der Waals surface area (Å²) in [5.41, 5.74) is -0.751. The Kier molecular flexibility index (Phi) is 5.27. The van der Waals surface area contributed by atoms with E-state index in [0.29, 0.717) is 22.4 Å². The number of rotatable bonds is 3. The number of carbonyl (C=O) groups is 3. The van der Waals surface area contributed by atoms with Crippen molar-refractivity contribution in [1.29, 1.82) is 0 Å². The summed E-state index contributed by atoms with van der Waals surface area (Å²) in [6.07, 6.45) is -0.737. The molecule has 1 fully saturated rings. The Morgan fingerprint density at radius 1 is 0.906 bits per heavy atom. The van der Waals surface area contributed by atoms with Gasteiger partial charge in [0.25, 0.3) is 11.8 Å². The zero-order chi connectivity index (χ0) is 22.9. The number of nitrogens with one attached hydrogen (secondary N) is 1. The highest BCUT2D eigenvalue weighted by molar-refractivity contribution is 6.39. The third kappa shape index (κ3) is 4.10. The molecule has 1 aliphatic rings. The van der Waals surface area contributed by atoms with Gasteiger partial charge in [0.15, 0.2) is 5.82 Å². The Balaban J connectivity index is 1.66. The predicted octanol–water partition coefficient (Wildman–Crippen LogP) is 3.83. The number of anilines is 1. The van der Waals surface area contributed by atoms with Gasteiger partial charge in [-0.1, -0.05) is 36.4 Å². The molecule has 0 atom stereocenters. The number of hydrogen-bond acceptors (Lipinski definition) is 5. The number of nitrogens with zero attached hydrogens (tertiary/aromatic N) is 3. The van der Waals surface area contributed by atoms with E-state index in [1.807, 2.05) is 35.6 Å². The molecule has 0 unspecified atom stereocenters. The summed E-state index contributed by atoms with van der Waals surface area (Å²) < 4.78 is 39.1. The maximum absolute atomic E-state index is 13.0. The Morgan fingerprint density at radius 2 is 1.59 bits per heavy atom. The van der Waals surface area contributed by atoms with E-state index in [4.69, 9.17) is 0 Å². The molecule has 160 valence electrons. The van der Waals surface area contributed by atoms with E-state index in [0.717, 1.165) is 23.8 Å². The highest BCUT2D eigenvalue weighted by Gasteiger charge is 2.38. The molecule has 1 aliphatic heterocycles. The van der Waals surface area contributed by atoms with Gasteiger partial charge in [-0.3, -0.25) is 14.9 Å². The highest BCUT2D eigenvalue weighted by atomic mass is 19.4. The lowest BCUT2D eigenvalue weighted by Crippen LogP contribution is -2.54. The van der Waals surface area contributed by atoms with Crippen molar-refractivity contribution in [2.45, 2.75) is 6.18 Å². The standard InChI is InChI=1S/C22H13F3N4O3/c23-22(24,25)15-7-4-8-16(10-15)29-20(31)17(19(30)28-21(29)32)9-13-11-26-18(27-12-13)14-5-2-1-3-6-14/h1-12H,(H,28,30,32). The van der Waals surface area contributed by atoms with E-state index in [-0.39, 0.29) is 5.69 Å². The molecule has 2 aromatic carbocycles. The molecule has 2 heterocycles. The number of alkyl halides is 3. The fourth-order valence-corrected chi connectivity index (χ4v) is 3.03. The molecule has 0 radical (unpaired) electrons. The number of hydrogen-bond donors (Lipinski definition) is 1. The zero-order valence-electron chi connectivity index (χ0n) is 16.1. The molecule has 0 aliphatic carbocycles. The van der Waals surface area contributed by atoms with Gasteiger partial charge in [0.1, 0.15) is 5.57 Å². The van der Waals surface area contributed by atoms with E-state index < -0.39 is 35.2 Å². The number of halogens is 3. The van der Waals surface area contributed by atoms with Crippen LogP contribution in [0.2, 0.25) is 0 Å². The topological polar surface area (TPSA) is 92.3 Å². The predicted molar refractivity (Wildman–Crippen MR) is 108 cm³/mol. The van der Waals surface area contributed by atoms with Crippen molar-refractivity contribution in [2.24, 2.45) is 0 Å². The van der Waals surface area contributed by atoms with Crippen LogP contribution in [0.5, 0.6) is 0 Å². The smallest absolute Gasteiger partial charge is 0.273 e.